The van der Waals surface area contributed by atoms with Gasteiger partial charge in [0.05, 0.1) is 5.69 Å². The van der Waals surface area contributed by atoms with Crippen molar-refractivity contribution in [3.05, 3.63) is 38.8 Å². The van der Waals surface area contributed by atoms with Crippen molar-refractivity contribution in [3.63, 3.8) is 0 Å². The first-order valence-corrected chi connectivity index (χ1v) is 7.41. The average Bonchev–Trinajstić information content (AvgIpc) is 2.62. The number of halogens is 1. The van der Waals surface area contributed by atoms with Crippen molar-refractivity contribution < 1.29 is 8.42 Å². The largest absolute Gasteiger partial charge is 0.315 e. The molecule has 2 N–H and O–H groups in total. The van der Waals surface area contributed by atoms with Crippen molar-refractivity contribution >= 4 is 38.6 Å². The van der Waals surface area contributed by atoms with E-state index in [9.17, 15) is 13.2 Å². The molecule has 0 unspecified atom stereocenters. The average molecular weight is 306 g/mol. The molecule has 96 valence electrons. The number of hydrogen-bond donors (Lipinski definition) is 2. The number of nitrogens with one attached hydrogen (secondary N) is 2. The maximum atomic E-state index is 12.0. The molecule has 0 aliphatic rings. The molecule has 2 rings (SSSR count). The second kappa shape index (κ2) is 4.71. The molecule has 9 heteroatoms. The standard InChI is InChI=1S/C9H8ClN3O3S2/c1-5-8(17-9(14)12-5)18(15,16)13-6-3-2-4-11-7(6)10/h2-4,13H,1H3,(H,12,14). The first kappa shape index (κ1) is 13.1. The zero-order valence-electron chi connectivity index (χ0n) is 9.10. The van der Waals surface area contributed by atoms with Crippen molar-refractivity contribution in [1.29, 1.82) is 0 Å². The first-order chi connectivity index (χ1) is 8.40. The number of anilines is 1. The molecule has 0 aliphatic carbocycles. The van der Waals surface area contributed by atoms with E-state index < -0.39 is 14.9 Å². The molecule has 2 aromatic heterocycles. The third kappa shape index (κ3) is 2.55. The monoisotopic (exact) mass is 305 g/mol. The fraction of sp³-hybridized carbons (Fsp3) is 0.111. The van der Waals surface area contributed by atoms with E-state index >= 15 is 0 Å². The molecule has 0 bridgehead atoms. The van der Waals surface area contributed by atoms with Gasteiger partial charge in [0.15, 0.2) is 9.36 Å². The Bertz CT molecular complexity index is 736. The predicted octanol–water partition coefficient (Wildman–Crippen LogP) is 1.59. The summed E-state index contributed by atoms with van der Waals surface area (Å²) in [5.41, 5.74) is 0.455. The van der Waals surface area contributed by atoms with Crippen LogP contribution in [-0.4, -0.2) is 18.4 Å². The van der Waals surface area contributed by atoms with Crippen molar-refractivity contribution in [2.75, 3.05) is 4.72 Å². The number of pyridine rings is 1. The number of hydrogen-bond acceptors (Lipinski definition) is 5. The Morgan fingerprint density at radius 3 is 2.78 bits per heavy atom. The van der Waals surface area contributed by atoms with Gasteiger partial charge in [-0.3, -0.25) is 9.52 Å². The molecule has 0 saturated heterocycles. The minimum atomic E-state index is -3.83. The SMILES string of the molecule is Cc1[nH]c(=O)sc1S(=O)(=O)Nc1cccnc1Cl. The number of nitrogens with zero attached hydrogens (tertiary/aromatic N) is 1. The third-order valence-electron chi connectivity index (χ3n) is 2.03. The number of sulfonamides is 1. The third-order valence-corrected chi connectivity index (χ3v) is 5.30. The summed E-state index contributed by atoms with van der Waals surface area (Å²) in [6.07, 6.45) is 1.44. The highest BCUT2D eigenvalue weighted by atomic mass is 35.5. The molecule has 0 aliphatic heterocycles. The fourth-order valence-electron chi connectivity index (χ4n) is 1.30. The molecule has 0 spiro atoms. The van der Waals surface area contributed by atoms with E-state index in [2.05, 4.69) is 14.7 Å². The molecule has 2 heterocycles. The van der Waals surface area contributed by atoms with Crippen LogP contribution in [0.1, 0.15) is 5.69 Å². The maximum Gasteiger partial charge on any atom is 0.306 e. The summed E-state index contributed by atoms with van der Waals surface area (Å²) in [6, 6.07) is 3.04. The van der Waals surface area contributed by atoms with Gasteiger partial charge in [-0.25, -0.2) is 13.4 Å². The van der Waals surface area contributed by atoms with Gasteiger partial charge in [0.1, 0.15) is 0 Å². The van der Waals surface area contributed by atoms with E-state index in [1.165, 1.54) is 19.2 Å². The molecule has 2 aromatic rings. The molecule has 0 aromatic carbocycles. The highest BCUT2D eigenvalue weighted by Crippen LogP contribution is 2.24. The summed E-state index contributed by atoms with van der Waals surface area (Å²) < 4.78 is 26.3. The van der Waals surface area contributed by atoms with Gasteiger partial charge in [0.25, 0.3) is 10.0 Å². The van der Waals surface area contributed by atoms with E-state index in [0.717, 1.165) is 0 Å². The summed E-state index contributed by atoms with van der Waals surface area (Å²) in [6.45, 7) is 1.51. The summed E-state index contributed by atoms with van der Waals surface area (Å²) in [5, 5.41) is 0.0432. The van der Waals surface area contributed by atoms with E-state index in [1.54, 1.807) is 6.07 Å². The normalized spacial score (nSPS) is 11.4. The predicted molar refractivity (Wildman–Crippen MR) is 69.7 cm³/mol. The lowest BCUT2D eigenvalue weighted by molar-refractivity contribution is 0.602. The highest BCUT2D eigenvalue weighted by molar-refractivity contribution is 7.94. The Morgan fingerprint density at radius 1 is 1.50 bits per heavy atom. The number of rotatable bonds is 3. The molecule has 0 saturated carbocycles. The summed E-state index contributed by atoms with van der Waals surface area (Å²) in [4.78, 5) is 16.8. The van der Waals surface area contributed by atoms with E-state index in [0.29, 0.717) is 11.3 Å². The number of aromatic nitrogens is 2. The number of thiazole rings is 1. The van der Waals surface area contributed by atoms with E-state index in [1.807, 2.05) is 0 Å². The summed E-state index contributed by atoms with van der Waals surface area (Å²) in [5.74, 6) is 0. The van der Waals surface area contributed by atoms with Crippen molar-refractivity contribution in [1.82, 2.24) is 9.97 Å². The first-order valence-electron chi connectivity index (χ1n) is 4.73. The number of H-pyrrole nitrogens is 1. The maximum absolute atomic E-state index is 12.0. The van der Waals surface area contributed by atoms with E-state index in [4.69, 9.17) is 11.6 Å². The Morgan fingerprint density at radius 2 is 2.22 bits per heavy atom. The van der Waals surface area contributed by atoms with Gasteiger partial charge in [-0.15, -0.1) is 0 Å². The number of aryl methyl sites for hydroxylation is 1. The molecule has 0 radical (unpaired) electrons. The van der Waals surface area contributed by atoms with Crippen LogP contribution in [-0.2, 0) is 10.0 Å². The van der Waals surface area contributed by atoms with Gasteiger partial charge in [-0.05, 0) is 19.1 Å². The van der Waals surface area contributed by atoms with Crippen LogP contribution in [0.3, 0.4) is 0 Å². The van der Waals surface area contributed by atoms with Crippen LogP contribution in [0.4, 0.5) is 5.69 Å². The lowest BCUT2D eigenvalue weighted by Gasteiger charge is -2.07. The Kier molecular flexibility index (Phi) is 3.42. The van der Waals surface area contributed by atoms with Crippen LogP contribution < -0.4 is 9.60 Å². The molecular formula is C9H8ClN3O3S2. The van der Waals surface area contributed by atoms with Crippen molar-refractivity contribution in [3.8, 4) is 0 Å². The molecular weight excluding hydrogens is 298 g/mol. The van der Waals surface area contributed by atoms with E-state index in [-0.39, 0.29) is 20.7 Å². The lowest BCUT2D eigenvalue weighted by atomic mass is 10.4. The molecule has 6 nitrogen and oxygen atoms in total. The van der Waals surface area contributed by atoms with Crippen LogP contribution in [0, 0.1) is 6.92 Å². The van der Waals surface area contributed by atoms with Gasteiger partial charge in [0, 0.05) is 11.9 Å². The molecule has 18 heavy (non-hydrogen) atoms. The zero-order valence-corrected chi connectivity index (χ0v) is 11.5. The van der Waals surface area contributed by atoms with Gasteiger partial charge in [-0.1, -0.05) is 22.9 Å². The zero-order chi connectivity index (χ0) is 13.3. The lowest BCUT2D eigenvalue weighted by Crippen LogP contribution is -2.13. The second-order valence-electron chi connectivity index (χ2n) is 3.37. The van der Waals surface area contributed by atoms with Crippen LogP contribution in [0.15, 0.2) is 27.3 Å². The minimum Gasteiger partial charge on any atom is -0.315 e. The van der Waals surface area contributed by atoms with Crippen LogP contribution in [0.5, 0.6) is 0 Å². The molecule has 0 fully saturated rings. The smallest absolute Gasteiger partial charge is 0.306 e. The Labute approximate surface area is 112 Å². The quantitative estimate of drug-likeness (QED) is 0.842. The summed E-state index contributed by atoms with van der Waals surface area (Å²) >= 11 is 6.38. The number of aromatic amines is 1. The minimum absolute atomic E-state index is 0.0432. The highest BCUT2D eigenvalue weighted by Gasteiger charge is 2.21. The summed E-state index contributed by atoms with van der Waals surface area (Å²) in [7, 11) is -3.83. The van der Waals surface area contributed by atoms with Crippen LogP contribution in [0.25, 0.3) is 0 Å². The molecule has 0 atom stereocenters. The van der Waals surface area contributed by atoms with Gasteiger partial charge >= 0.3 is 4.87 Å². The van der Waals surface area contributed by atoms with Gasteiger partial charge < -0.3 is 4.98 Å². The topological polar surface area (TPSA) is 91.9 Å². The van der Waals surface area contributed by atoms with Crippen LogP contribution in [0.2, 0.25) is 5.15 Å². The Hall–Kier alpha value is -1.38. The van der Waals surface area contributed by atoms with Crippen molar-refractivity contribution in [2.45, 2.75) is 11.1 Å². The van der Waals surface area contributed by atoms with Crippen LogP contribution >= 0.6 is 22.9 Å². The van der Waals surface area contributed by atoms with Gasteiger partial charge in [-0.2, -0.15) is 0 Å². The Balaban J connectivity index is 2.43. The van der Waals surface area contributed by atoms with Gasteiger partial charge in [0.2, 0.25) is 0 Å². The second-order valence-corrected chi connectivity index (χ2v) is 6.59. The molecule has 0 amide bonds. The van der Waals surface area contributed by atoms with Crippen molar-refractivity contribution in [2.24, 2.45) is 0 Å². The fourth-order valence-corrected chi connectivity index (χ4v) is 3.89.